The molecule has 6 heteroatoms. The highest BCUT2D eigenvalue weighted by molar-refractivity contribution is 5.71. The van der Waals surface area contributed by atoms with Crippen LogP contribution in [0, 0.1) is 0 Å². The number of unbranched alkanes of at least 4 members (excludes halogenated alkanes) is 26. The van der Waals surface area contributed by atoms with Crippen molar-refractivity contribution in [1.29, 1.82) is 0 Å². The number of hydrogen-bond donors (Lipinski definition) is 0. The molecule has 0 aliphatic heterocycles. The molecule has 0 aliphatic carbocycles. The summed E-state index contributed by atoms with van der Waals surface area (Å²) in [5, 5.41) is 0. The van der Waals surface area contributed by atoms with Gasteiger partial charge in [-0.2, -0.15) is 0 Å². The maximum atomic E-state index is 12.9. The first-order chi connectivity index (χ1) is 35.0. The third-order valence-electron chi connectivity index (χ3n) is 12.6. The van der Waals surface area contributed by atoms with Gasteiger partial charge in [0.15, 0.2) is 6.10 Å². The van der Waals surface area contributed by atoms with Crippen molar-refractivity contribution in [1.82, 2.24) is 0 Å². The SMILES string of the molecule is CC/C=C\C/C=C\C/C=C\C/C=C\C/C=C\C/C=C\CCC(=O)OCC(COC(=O)CCCCCCC/C=C\CCCCCCCCC)OC(=O)CCCCCCC/C=C\CCCCCCCCCCC. The zero-order valence-corrected chi connectivity index (χ0v) is 46.5. The molecule has 0 aromatic carbocycles. The second-order valence-electron chi connectivity index (χ2n) is 19.5. The Morgan fingerprint density at radius 3 is 0.944 bits per heavy atom. The molecule has 71 heavy (non-hydrogen) atoms. The third-order valence-corrected chi connectivity index (χ3v) is 12.6. The van der Waals surface area contributed by atoms with Crippen LogP contribution >= 0.6 is 0 Å². The van der Waals surface area contributed by atoms with Gasteiger partial charge in [-0.25, -0.2) is 0 Å². The van der Waals surface area contributed by atoms with E-state index in [0.29, 0.717) is 19.3 Å². The minimum atomic E-state index is -0.817. The fraction of sp³-hybridized carbons (Fsp3) is 0.708. The minimum Gasteiger partial charge on any atom is -0.462 e. The van der Waals surface area contributed by atoms with Crippen LogP contribution < -0.4 is 0 Å². The molecular weight excluding hydrogens is 877 g/mol. The Morgan fingerprint density at radius 2 is 0.577 bits per heavy atom. The Labute approximate surface area is 438 Å². The highest BCUT2D eigenvalue weighted by Crippen LogP contribution is 2.14. The van der Waals surface area contributed by atoms with E-state index < -0.39 is 6.10 Å². The molecule has 0 amide bonds. The molecule has 0 rings (SSSR count). The standard InChI is InChI=1S/C65H110O6/c1-4-7-10-13-16-19-22-25-28-31-33-35-37-40-43-46-49-52-55-58-64(67)70-61-62(60-69-63(66)57-54-51-48-45-42-39-36-30-27-24-21-18-15-12-9-6-3)71-65(68)59-56-53-50-47-44-41-38-34-32-29-26-23-20-17-14-11-8-5-2/h7,10,16,19,25,28,30,33-36,38,40,43,49,52,62H,4-6,8-9,11-15,17-18,20-24,26-27,29,31-32,37,39,41-42,44-48,50-51,53-61H2,1-3H3/b10-7-,19-16-,28-25-,35-33-,36-30-,38-34-,43-40-,52-49-. The van der Waals surface area contributed by atoms with Crippen LogP contribution in [0.3, 0.4) is 0 Å². The highest BCUT2D eigenvalue weighted by Gasteiger charge is 2.19. The van der Waals surface area contributed by atoms with Gasteiger partial charge >= 0.3 is 17.9 Å². The van der Waals surface area contributed by atoms with E-state index in [1.165, 1.54) is 128 Å². The first-order valence-corrected chi connectivity index (χ1v) is 29.7. The summed E-state index contributed by atoms with van der Waals surface area (Å²) in [5.74, 6) is -1.01. The van der Waals surface area contributed by atoms with Crippen molar-refractivity contribution >= 4 is 17.9 Å². The van der Waals surface area contributed by atoms with Crippen molar-refractivity contribution in [3.63, 3.8) is 0 Å². The number of ether oxygens (including phenoxy) is 3. The maximum Gasteiger partial charge on any atom is 0.306 e. The summed E-state index contributed by atoms with van der Waals surface area (Å²) in [7, 11) is 0. The largest absolute Gasteiger partial charge is 0.462 e. The van der Waals surface area contributed by atoms with E-state index in [1.54, 1.807) is 0 Å². The number of carbonyl (C=O) groups excluding carboxylic acids is 3. The molecule has 0 aromatic rings. The normalized spacial score (nSPS) is 12.8. The van der Waals surface area contributed by atoms with Crippen LogP contribution in [0.2, 0.25) is 0 Å². The van der Waals surface area contributed by atoms with E-state index >= 15 is 0 Å². The summed E-state index contributed by atoms with van der Waals surface area (Å²) >= 11 is 0. The van der Waals surface area contributed by atoms with Crippen LogP contribution in [0.4, 0.5) is 0 Å². The van der Waals surface area contributed by atoms with Gasteiger partial charge in [-0.1, -0.05) is 246 Å². The van der Waals surface area contributed by atoms with Gasteiger partial charge in [0.25, 0.3) is 0 Å². The second kappa shape index (κ2) is 58.9. The van der Waals surface area contributed by atoms with E-state index in [-0.39, 0.29) is 37.5 Å². The number of esters is 3. The van der Waals surface area contributed by atoms with Crippen LogP contribution in [0.25, 0.3) is 0 Å². The second-order valence-corrected chi connectivity index (χ2v) is 19.5. The van der Waals surface area contributed by atoms with Gasteiger partial charge in [0.1, 0.15) is 13.2 Å². The first kappa shape index (κ1) is 67.3. The van der Waals surface area contributed by atoms with Crippen molar-refractivity contribution < 1.29 is 28.6 Å². The van der Waals surface area contributed by atoms with E-state index in [9.17, 15) is 14.4 Å². The fourth-order valence-corrected chi connectivity index (χ4v) is 8.11. The smallest absolute Gasteiger partial charge is 0.306 e. The van der Waals surface area contributed by atoms with E-state index in [4.69, 9.17) is 14.2 Å². The summed E-state index contributed by atoms with van der Waals surface area (Å²) in [5.41, 5.74) is 0. The lowest BCUT2D eigenvalue weighted by Crippen LogP contribution is -2.30. The van der Waals surface area contributed by atoms with Gasteiger partial charge in [-0.05, 0) is 109 Å². The van der Waals surface area contributed by atoms with Crippen LogP contribution in [-0.4, -0.2) is 37.2 Å². The Bertz CT molecular complexity index is 1410. The van der Waals surface area contributed by atoms with Crippen molar-refractivity contribution in [3.05, 3.63) is 97.2 Å². The summed E-state index contributed by atoms with van der Waals surface area (Å²) in [6.07, 6.45) is 78.4. The molecule has 406 valence electrons. The zero-order chi connectivity index (χ0) is 51.4. The van der Waals surface area contributed by atoms with E-state index in [0.717, 1.165) is 103 Å². The predicted molar refractivity (Wildman–Crippen MR) is 307 cm³/mol. The summed E-state index contributed by atoms with van der Waals surface area (Å²) in [6.45, 7) is 6.46. The molecule has 1 unspecified atom stereocenters. The van der Waals surface area contributed by atoms with Gasteiger partial charge in [0.05, 0.1) is 0 Å². The molecule has 0 aromatic heterocycles. The lowest BCUT2D eigenvalue weighted by Gasteiger charge is -2.18. The summed E-state index contributed by atoms with van der Waals surface area (Å²) < 4.78 is 16.8. The van der Waals surface area contributed by atoms with Crippen LogP contribution in [0.5, 0.6) is 0 Å². The van der Waals surface area contributed by atoms with Crippen molar-refractivity contribution in [3.8, 4) is 0 Å². The van der Waals surface area contributed by atoms with Gasteiger partial charge in [0, 0.05) is 19.3 Å². The Hall–Kier alpha value is -3.67. The van der Waals surface area contributed by atoms with E-state index in [2.05, 4.69) is 112 Å². The number of allylic oxidation sites excluding steroid dienone is 16. The molecule has 0 fully saturated rings. The van der Waals surface area contributed by atoms with Crippen molar-refractivity contribution in [2.45, 2.75) is 284 Å². The molecule has 0 radical (unpaired) electrons. The van der Waals surface area contributed by atoms with Gasteiger partial charge in [-0.3, -0.25) is 14.4 Å². The number of rotatable bonds is 53. The number of hydrogen-bond acceptors (Lipinski definition) is 6. The Morgan fingerprint density at radius 1 is 0.296 bits per heavy atom. The van der Waals surface area contributed by atoms with Gasteiger partial charge in [0.2, 0.25) is 0 Å². The molecule has 0 saturated heterocycles. The first-order valence-electron chi connectivity index (χ1n) is 29.7. The van der Waals surface area contributed by atoms with Gasteiger partial charge < -0.3 is 14.2 Å². The molecule has 6 nitrogen and oxygen atoms in total. The monoisotopic (exact) mass is 987 g/mol. The minimum absolute atomic E-state index is 0.108. The molecular formula is C65H110O6. The molecule has 0 spiro atoms. The highest BCUT2D eigenvalue weighted by atomic mass is 16.6. The zero-order valence-electron chi connectivity index (χ0n) is 46.5. The molecule has 0 saturated carbocycles. The summed E-state index contributed by atoms with van der Waals surface area (Å²) in [4.78, 5) is 38.2. The van der Waals surface area contributed by atoms with Crippen LogP contribution in [0.15, 0.2) is 97.2 Å². The molecule has 0 heterocycles. The van der Waals surface area contributed by atoms with Gasteiger partial charge in [-0.15, -0.1) is 0 Å². The maximum absolute atomic E-state index is 12.9. The molecule has 0 bridgehead atoms. The average Bonchev–Trinajstić information content (AvgIpc) is 3.37. The topological polar surface area (TPSA) is 78.9 Å². The Kier molecular flexibility index (Phi) is 55.9. The van der Waals surface area contributed by atoms with Crippen LogP contribution in [-0.2, 0) is 28.6 Å². The number of carbonyl (C=O) groups is 3. The lowest BCUT2D eigenvalue weighted by molar-refractivity contribution is -0.166. The Balaban J connectivity index is 4.52. The lowest BCUT2D eigenvalue weighted by atomic mass is 10.1. The van der Waals surface area contributed by atoms with E-state index in [1.807, 2.05) is 6.08 Å². The van der Waals surface area contributed by atoms with Crippen molar-refractivity contribution in [2.75, 3.05) is 13.2 Å². The fourth-order valence-electron chi connectivity index (χ4n) is 8.11. The van der Waals surface area contributed by atoms with Crippen molar-refractivity contribution in [2.24, 2.45) is 0 Å². The average molecular weight is 988 g/mol. The molecule has 0 N–H and O–H groups in total. The quantitative estimate of drug-likeness (QED) is 0.0261. The molecule has 1 atom stereocenters. The summed E-state index contributed by atoms with van der Waals surface area (Å²) in [6, 6.07) is 0. The third kappa shape index (κ3) is 57.1. The predicted octanol–water partition coefficient (Wildman–Crippen LogP) is 20.1. The van der Waals surface area contributed by atoms with Crippen LogP contribution in [0.1, 0.15) is 278 Å². The molecule has 0 aliphatic rings.